The number of rotatable bonds is 5. The molecule has 0 N–H and O–H groups in total. The van der Waals surface area contributed by atoms with Crippen LogP contribution in [0, 0.1) is 6.92 Å². The number of hydrogen-bond donors (Lipinski definition) is 0. The van der Waals surface area contributed by atoms with Crippen molar-refractivity contribution in [2.45, 2.75) is 45.0 Å². The first kappa shape index (κ1) is 22.7. The number of amides is 1. The summed E-state index contributed by atoms with van der Waals surface area (Å²) in [5.41, 5.74) is 3.22. The molecule has 33 heavy (non-hydrogen) atoms. The second kappa shape index (κ2) is 9.58. The lowest BCUT2D eigenvalue weighted by Gasteiger charge is -2.31. The van der Waals surface area contributed by atoms with Gasteiger partial charge in [0.05, 0.1) is 11.3 Å². The number of benzene rings is 2. The van der Waals surface area contributed by atoms with E-state index in [-0.39, 0.29) is 30.6 Å². The number of thioether (sulfide) groups is 1. The van der Waals surface area contributed by atoms with Crippen molar-refractivity contribution in [3.63, 3.8) is 0 Å². The van der Waals surface area contributed by atoms with E-state index in [2.05, 4.69) is 15.2 Å². The van der Waals surface area contributed by atoms with Gasteiger partial charge in [0, 0.05) is 18.4 Å². The number of fused-ring (bicyclic) bond motifs is 3. The van der Waals surface area contributed by atoms with Crippen LogP contribution in [-0.4, -0.2) is 33.3 Å². The third-order valence-corrected chi connectivity index (χ3v) is 5.75. The Labute approximate surface area is 196 Å². The predicted octanol–water partition coefficient (Wildman–Crippen LogP) is 4.72. The Morgan fingerprint density at radius 3 is 2.64 bits per heavy atom. The number of hydrogen-bond acceptors (Lipinski definition) is 8. The van der Waals surface area contributed by atoms with Crippen LogP contribution in [0.15, 0.2) is 47.6 Å². The normalized spacial score (nSPS) is 14.5. The van der Waals surface area contributed by atoms with Crippen LogP contribution in [0.1, 0.15) is 44.0 Å². The average molecular weight is 465 g/mol. The minimum Gasteiger partial charge on any atom is -0.447 e. The fourth-order valence-electron chi connectivity index (χ4n) is 3.59. The van der Waals surface area contributed by atoms with Gasteiger partial charge in [0.15, 0.2) is 5.69 Å². The second-order valence-corrected chi connectivity index (χ2v) is 8.20. The fraction of sp³-hybridized carbons (Fsp3) is 0.292. The molecule has 0 fully saturated rings. The number of carbonyl (C=O) groups excluding carboxylic acids is 2. The lowest BCUT2D eigenvalue weighted by atomic mass is 10.1. The van der Waals surface area contributed by atoms with Crippen LogP contribution in [0.4, 0.5) is 5.69 Å². The highest BCUT2D eigenvalue weighted by atomic mass is 32.2. The van der Waals surface area contributed by atoms with E-state index in [4.69, 9.17) is 9.47 Å². The maximum Gasteiger partial charge on any atom is 0.310 e. The quantitative estimate of drug-likeness (QED) is 0.304. The summed E-state index contributed by atoms with van der Waals surface area (Å²) >= 11 is 1.34. The summed E-state index contributed by atoms with van der Waals surface area (Å²) in [7, 11) is 0. The van der Waals surface area contributed by atoms with Gasteiger partial charge in [-0.25, -0.2) is 0 Å². The third-order valence-electron chi connectivity index (χ3n) is 5.21. The molecule has 2 aromatic carbocycles. The topological polar surface area (TPSA) is 94.5 Å². The van der Waals surface area contributed by atoms with Crippen molar-refractivity contribution in [2.75, 3.05) is 11.2 Å². The molecule has 0 saturated heterocycles. The van der Waals surface area contributed by atoms with Gasteiger partial charge in [-0.2, -0.15) is 4.98 Å². The first-order chi connectivity index (χ1) is 16.0. The summed E-state index contributed by atoms with van der Waals surface area (Å²) < 4.78 is 12.0. The molecule has 9 heteroatoms. The van der Waals surface area contributed by atoms with E-state index in [1.54, 1.807) is 24.8 Å². The van der Waals surface area contributed by atoms with Crippen LogP contribution in [0.2, 0.25) is 0 Å². The number of carbonyl (C=O) groups is 2. The van der Waals surface area contributed by atoms with Gasteiger partial charge in [-0.1, -0.05) is 55.4 Å². The molecule has 0 saturated carbocycles. The van der Waals surface area contributed by atoms with Crippen molar-refractivity contribution in [3.05, 3.63) is 53.6 Å². The van der Waals surface area contributed by atoms with Gasteiger partial charge in [-0.15, -0.1) is 10.2 Å². The van der Waals surface area contributed by atoms with Gasteiger partial charge < -0.3 is 9.47 Å². The summed E-state index contributed by atoms with van der Waals surface area (Å²) in [5, 5.41) is 8.98. The van der Waals surface area contributed by atoms with E-state index >= 15 is 0 Å². The summed E-state index contributed by atoms with van der Waals surface area (Å²) in [6.45, 7) is 5.44. The molecule has 1 aliphatic rings. The van der Waals surface area contributed by atoms with E-state index in [9.17, 15) is 9.59 Å². The van der Waals surface area contributed by atoms with Crippen molar-refractivity contribution in [1.29, 1.82) is 0 Å². The van der Waals surface area contributed by atoms with Crippen LogP contribution in [-0.2, 0) is 9.59 Å². The maximum atomic E-state index is 13.3. The van der Waals surface area contributed by atoms with E-state index in [0.717, 1.165) is 5.56 Å². The van der Waals surface area contributed by atoms with Gasteiger partial charge >= 0.3 is 5.97 Å². The Morgan fingerprint density at radius 2 is 1.91 bits per heavy atom. The van der Waals surface area contributed by atoms with Crippen LogP contribution in [0.25, 0.3) is 11.3 Å². The molecule has 4 rings (SSSR count). The van der Waals surface area contributed by atoms with Crippen molar-refractivity contribution in [3.8, 4) is 22.9 Å². The molecule has 1 unspecified atom stereocenters. The first-order valence-corrected chi connectivity index (χ1v) is 11.9. The molecular formula is C24H24N4O4S. The van der Waals surface area contributed by atoms with E-state index in [1.165, 1.54) is 11.8 Å². The lowest BCUT2D eigenvalue weighted by molar-refractivity contribution is -0.134. The first-order valence-electron chi connectivity index (χ1n) is 10.6. The molecule has 1 atom stereocenters. The molecule has 0 spiro atoms. The Bertz CT molecular complexity index is 1220. The smallest absolute Gasteiger partial charge is 0.310 e. The monoisotopic (exact) mass is 464 g/mol. The average Bonchev–Trinajstić information content (AvgIpc) is 2.98. The zero-order valence-electron chi connectivity index (χ0n) is 18.9. The molecular weight excluding hydrogens is 440 g/mol. The van der Waals surface area contributed by atoms with Crippen LogP contribution in [0.5, 0.6) is 11.6 Å². The third kappa shape index (κ3) is 4.41. The predicted molar refractivity (Wildman–Crippen MR) is 125 cm³/mol. The summed E-state index contributed by atoms with van der Waals surface area (Å²) in [6, 6.07) is 12.8. The number of anilines is 1. The highest BCUT2D eigenvalue weighted by molar-refractivity contribution is 7.98. The zero-order chi connectivity index (χ0) is 23.5. The summed E-state index contributed by atoms with van der Waals surface area (Å²) in [5.74, 6) is 0.0519. The van der Waals surface area contributed by atoms with Gasteiger partial charge in [0.25, 0.3) is 0 Å². The zero-order valence-corrected chi connectivity index (χ0v) is 19.7. The van der Waals surface area contributed by atoms with Crippen LogP contribution in [0.3, 0.4) is 0 Å². The minimum absolute atomic E-state index is 0.160. The van der Waals surface area contributed by atoms with Crippen molar-refractivity contribution in [1.82, 2.24) is 15.2 Å². The van der Waals surface area contributed by atoms with Crippen molar-refractivity contribution >= 4 is 29.3 Å². The van der Waals surface area contributed by atoms with E-state index < -0.39 is 6.23 Å². The van der Waals surface area contributed by atoms with E-state index in [0.29, 0.717) is 33.4 Å². The Morgan fingerprint density at radius 1 is 1.12 bits per heavy atom. The van der Waals surface area contributed by atoms with Crippen LogP contribution < -0.4 is 14.4 Å². The van der Waals surface area contributed by atoms with E-state index in [1.807, 2.05) is 49.6 Å². The standard InChI is InChI=1S/C24H24N4O4S/c1-5-19(29)28-17-10-8-7-9-15(17)21-22(25-24(33-4)27-26-21)32-23(28)16-13-14(3)11-12-18(16)31-20(30)6-2/h7-13,23H,5-6H2,1-4H3. The molecule has 8 nitrogen and oxygen atoms in total. The molecule has 3 aromatic rings. The molecule has 1 aliphatic heterocycles. The van der Waals surface area contributed by atoms with Gasteiger partial charge in [0.1, 0.15) is 5.75 Å². The number of nitrogens with zero attached hydrogens (tertiary/aromatic N) is 4. The molecule has 2 heterocycles. The number of aryl methyl sites for hydroxylation is 1. The summed E-state index contributed by atoms with van der Waals surface area (Å²) in [6.07, 6.45) is 1.39. The minimum atomic E-state index is -0.925. The maximum absolute atomic E-state index is 13.3. The molecule has 1 amide bonds. The molecule has 0 aliphatic carbocycles. The lowest BCUT2D eigenvalue weighted by Crippen LogP contribution is -2.37. The Balaban J connectivity index is 1.98. The van der Waals surface area contributed by atoms with Gasteiger partial charge in [-0.3, -0.25) is 14.5 Å². The Hall–Kier alpha value is -3.46. The molecule has 0 radical (unpaired) electrons. The van der Waals surface area contributed by atoms with Gasteiger partial charge in [0.2, 0.25) is 23.2 Å². The highest BCUT2D eigenvalue weighted by Crippen LogP contribution is 2.45. The number of aromatic nitrogens is 3. The summed E-state index contributed by atoms with van der Waals surface area (Å²) in [4.78, 5) is 31.6. The number of esters is 1. The largest absolute Gasteiger partial charge is 0.447 e. The SMILES string of the molecule is CCC(=O)Oc1ccc(C)cc1C1Oc2nc(SC)nnc2-c2ccccc2N1C(=O)CC. The number of para-hydroxylation sites is 1. The fourth-order valence-corrected chi connectivity index (χ4v) is 3.89. The van der Waals surface area contributed by atoms with Crippen molar-refractivity contribution in [2.24, 2.45) is 0 Å². The highest BCUT2D eigenvalue weighted by Gasteiger charge is 2.37. The Kier molecular flexibility index (Phi) is 6.60. The molecule has 1 aromatic heterocycles. The molecule has 0 bridgehead atoms. The molecule has 170 valence electrons. The number of ether oxygens (including phenoxy) is 2. The second-order valence-electron chi connectivity index (χ2n) is 7.43. The van der Waals surface area contributed by atoms with Crippen LogP contribution >= 0.6 is 11.8 Å². The van der Waals surface area contributed by atoms with Crippen molar-refractivity contribution < 1.29 is 19.1 Å². The van der Waals surface area contributed by atoms with Gasteiger partial charge in [-0.05, 0) is 31.4 Å².